The highest BCUT2D eigenvalue weighted by Crippen LogP contribution is 2.54. The smallest absolute Gasteiger partial charge is 0.0627 e. The minimum atomic E-state index is 0.439. The highest BCUT2D eigenvalue weighted by atomic mass is 14.5. The molecule has 0 radical (unpaired) electrons. The van der Waals surface area contributed by atoms with Gasteiger partial charge in [-0.05, 0) is 48.9 Å². The minimum Gasteiger partial charge on any atom is -0.198 e. The zero-order valence-electron chi connectivity index (χ0n) is 10.7. The maximum Gasteiger partial charge on any atom is 0.0627 e. The molecule has 2 rings (SSSR count). The summed E-state index contributed by atoms with van der Waals surface area (Å²) in [6.07, 6.45) is 6.32. The van der Waals surface area contributed by atoms with Crippen LogP contribution in [0.1, 0.15) is 59.8 Å². The van der Waals surface area contributed by atoms with E-state index in [1.165, 1.54) is 25.7 Å². The van der Waals surface area contributed by atoms with Crippen LogP contribution in [0.15, 0.2) is 0 Å². The van der Waals surface area contributed by atoms with Gasteiger partial charge in [0.25, 0.3) is 0 Å². The molecule has 0 aliphatic heterocycles. The lowest BCUT2D eigenvalue weighted by atomic mass is 9.90. The molecule has 0 aromatic heterocycles. The normalized spacial score (nSPS) is 21.9. The standard InChI is InChI=1S/C8H13N.C6H12/c1-7(2)8(3-4-8)5-6-9;1-5(2)6-3-4-6/h7H,3-5H2,1-2H3;5-6H,3-4H2,1-2H3. The topological polar surface area (TPSA) is 23.8 Å². The van der Waals surface area contributed by atoms with Gasteiger partial charge >= 0.3 is 0 Å². The van der Waals surface area contributed by atoms with Crippen molar-refractivity contribution >= 4 is 0 Å². The molecule has 2 aliphatic rings. The van der Waals surface area contributed by atoms with Gasteiger partial charge in [-0.25, -0.2) is 0 Å². The molecule has 0 aromatic rings. The van der Waals surface area contributed by atoms with E-state index in [-0.39, 0.29) is 0 Å². The first-order valence-electron chi connectivity index (χ1n) is 6.39. The molecular weight excluding hydrogens is 182 g/mol. The average Bonchev–Trinajstić information content (AvgIpc) is 3.02. The van der Waals surface area contributed by atoms with Crippen molar-refractivity contribution in [2.24, 2.45) is 23.2 Å². The van der Waals surface area contributed by atoms with Crippen molar-refractivity contribution in [3.05, 3.63) is 0 Å². The largest absolute Gasteiger partial charge is 0.198 e. The molecule has 0 spiro atoms. The van der Waals surface area contributed by atoms with E-state index >= 15 is 0 Å². The summed E-state index contributed by atoms with van der Waals surface area (Å²) in [7, 11) is 0. The summed E-state index contributed by atoms with van der Waals surface area (Å²) in [5.74, 6) is 2.77. The minimum absolute atomic E-state index is 0.439. The Kier molecular flexibility index (Phi) is 4.20. The summed E-state index contributed by atoms with van der Waals surface area (Å²) in [5.41, 5.74) is 0.439. The fourth-order valence-electron chi connectivity index (χ4n) is 2.04. The monoisotopic (exact) mass is 207 g/mol. The van der Waals surface area contributed by atoms with Crippen LogP contribution in [0.3, 0.4) is 0 Å². The molecule has 0 bridgehead atoms. The van der Waals surface area contributed by atoms with Crippen LogP contribution in [0.25, 0.3) is 0 Å². The molecule has 2 aliphatic carbocycles. The highest BCUT2D eigenvalue weighted by Gasteiger charge is 2.44. The van der Waals surface area contributed by atoms with Crippen molar-refractivity contribution in [2.75, 3.05) is 0 Å². The van der Waals surface area contributed by atoms with E-state index in [4.69, 9.17) is 5.26 Å². The van der Waals surface area contributed by atoms with Gasteiger partial charge in [0.2, 0.25) is 0 Å². The Morgan fingerprint density at radius 2 is 1.73 bits per heavy atom. The summed E-state index contributed by atoms with van der Waals surface area (Å²) in [6, 6.07) is 2.25. The van der Waals surface area contributed by atoms with E-state index in [1.807, 2.05) is 0 Å². The first-order valence-corrected chi connectivity index (χ1v) is 6.39. The van der Waals surface area contributed by atoms with Gasteiger partial charge in [-0.1, -0.05) is 27.7 Å². The lowest BCUT2D eigenvalue weighted by molar-refractivity contribution is 0.367. The predicted octanol–water partition coefficient (Wildman–Crippen LogP) is 4.39. The zero-order chi connectivity index (χ0) is 11.5. The fourth-order valence-corrected chi connectivity index (χ4v) is 2.04. The molecule has 15 heavy (non-hydrogen) atoms. The van der Waals surface area contributed by atoms with E-state index in [0.717, 1.165) is 18.3 Å². The lowest BCUT2D eigenvalue weighted by Crippen LogP contribution is -2.07. The quantitative estimate of drug-likeness (QED) is 0.673. The third kappa shape index (κ3) is 3.86. The van der Waals surface area contributed by atoms with E-state index in [9.17, 15) is 0 Å². The summed E-state index contributed by atoms with van der Waals surface area (Å²) in [5, 5.41) is 8.44. The Morgan fingerprint density at radius 1 is 1.20 bits per heavy atom. The number of rotatable bonds is 3. The SMILES string of the molecule is CC(C)C1(CC#N)CC1.CC(C)C1CC1. The number of hydrogen-bond donors (Lipinski definition) is 0. The Morgan fingerprint density at radius 3 is 1.80 bits per heavy atom. The fraction of sp³-hybridized carbons (Fsp3) is 0.929. The van der Waals surface area contributed by atoms with Crippen LogP contribution < -0.4 is 0 Å². The van der Waals surface area contributed by atoms with Crippen molar-refractivity contribution in [3.8, 4) is 6.07 Å². The van der Waals surface area contributed by atoms with Crippen molar-refractivity contribution in [1.82, 2.24) is 0 Å². The van der Waals surface area contributed by atoms with Crippen LogP contribution in [0.5, 0.6) is 0 Å². The van der Waals surface area contributed by atoms with Gasteiger partial charge in [0.1, 0.15) is 0 Å². The summed E-state index contributed by atoms with van der Waals surface area (Å²) in [4.78, 5) is 0. The second kappa shape index (κ2) is 5.01. The molecule has 0 aromatic carbocycles. The van der Waals surface area contributed by atoms with Crippen molar-refractivity contribution in [2.45, 2.75) is 59.8 Å². The van der Waals surface area contributed by atoms with Crippen LogP contribution in [0.2, 0.25) is 0 Å². The van der Waals surface area contributed by atoms with E-state index in [2.05, 4.69) is 33.8 Å². The molecular formula is C14H25N. The van der Waals surface area contributed by atoms with Gasteiger partial charge in [0.15, 0.2) is 0 Å². The average molecular weight is 207 g/mol. The number of hydrogen-bond acceptors (Lipinski definition) is 1. The second-order valence-electron chi connectivity index (χ2n) is 5.93. The summed E-state index contributed by atoms with van der Waals surface area (Å²) in [6.45, 7) is 9.03. The maximum absolute atomic E-state index is 8.44. The molecule has 0 amide bonds. The molecule has 0 N–H and O–H groups in total. The third-order valence-electron chi connectivity index (χ3n) is 4.11. The van der Waals surface area contributed by atoms with Crippen molar-refractivity contribution < 1.29 is 0 Å². The van der Waals surface area contributed by atoms with Gasteiger partial charge in [-0.2, -0.15) is 5.26 Å². The number of nitrogens with zero attached hydrogens (tertiary/aromatic N) is 1. The van der Waals surface area contributed by atoms with Gasteiger partial charge in [0, 0.05) is 6.42 Å². The van der Waals surface area contributed by atoms with E-state index < -0.39 is 0 Å². The molecule has 2 fully saturated rings. The molecule has 0 atom stereocenters. The highest BCUT2D eigenvalue weighted by molar-refractivity contribution is 5.00. The zero-order valence-corrected chi connectivity index (χ0v) is 10.7. The van der Waals surface area contributed by atoms with E-state index in [1.54, 1.807) is 0 Å². The maximum atomic E-state index is 8.44. The molecule has 1 nitrogen and oxygen atoms in total. The van der Waals surface area contributed by atoms with Gasteiger partial charge in [-0.3, -0.25) is 0 Å². The Labute approximate surface area is 94.9 Å². The molecule has 1 heteroatoms. The van der Waals surface area contributed by atoms with Crippen LogP contribution >= 0.6 is 0 Å². The summed E-state index contributed by atoms with van der Waals surface area (Å²) >= 11 is 0. The first-order chi connectivity index (χ1) is 7.02. The van der Waals surface area contributed by atoms with Crippen molar-refractivity contribution in [3.63, 3.8) is 0 Å². The van der Waals surface area contributed by atoms with E-state index in [0.29, 0.717) is 11.3 Å². The Hall–Kier alpha value is -0.510. The molecule has 0 heterocycles. The molecule has 0 saturated heterocycles. The summed E-state index contributed by atoms with van der Waals surface area (Å²) < 4.78 is 0. The van der Waals surface area contributed by atoms with Gasteiger partial charge < -0.3 is 0 Å². The van der Waals surface area contributed by atoms with Crippen LogP contribution in [0.4, 0.5) is 0 Å². The lowest BCUT2D eigenvalue weighted by Gasteiger charge is -2.14. The third-order valence-corrected chi connectivity index (χ3v) is 4.11. The molecule has 0 unspecified atom stereocenters. The van der Waals surface area contributed by atoms with Gasteiger partial charge in [0.05, 0.1) is 6.07 Å². The van der Waals surface area contributed by atoms with Crippen LogP contribution in [-0.4, -0.2) is 0 Å². The molecule has 86 valence electrons. The Bertz CT molecular complexity index is 226. The number of nitriles is 1. The van der Waals surface area contributed by atoms with Crippen LogP contribution in [-0.2, 0) is 0 Å². The molecule has 2 saturated carbocycles. The second-order valence-corrected chi connectivity index (χ2v) is 5.93. The van der Waals surface area contributed by atoms with Crippen molar-refractivity contribution in [1.29, 1.82) is 5.26 Å². The first kappa shape index (κ1) is 12.6. The predicted molar refractivity (Wildman–Crippen MR) is 64.3 cm³/mol. The van der Waals surface area contributed by atoms with Gasteiger partial charge in [-0.15, -0.1) is 0 Å². The van der Waals surface area contributed by atoms with Crippen LogP contribution in [0, 0.1) is 34.5 Å². The Balaban J connectivity index is 0.000000162.